The van der Waals surface area contributed by atoms with E-state index in [1.165, 1.54) is 6.33 Å². The molecule has 0 bridgehead atoms. The summed E-state index contributed by atoms with van der Waals surface area (Å²) in [7, 11) is 0. The maximum atomic E-state index is 10.7. The third-order valence-corrected chi connectivity index (χ3v) is 1.61. The average Bonchev–Trinajstić information content (AvgIpc) is 2.18. The zero-order valence-corrected chi connectivity index (χ0v) is 7.69. The van der Waals surface area contributed by atoms with E-state index in [1.54, 1.807) is 13.0 Å². The minimum Gasteiger partial charge on any atom is -0.368 e. The van der Waals surface area contributed by atoms with Crippen molar-refractivity contribution in [3.05, 3.63) is 12.4 Å². The highest BCUT2D eigenvalue weighted by Crippen LogP contribution is 2.07. The van der Waals surface area contributed by atoms with Crippen LogP contribution in [0.5, 0.6) is 0 Å². The molecule has 0 aliphatic heterocycles. The highest BCUT2D eigenvalue weighted by molar-refractivity contribution is 5.82. The number of anilines is 2. The SMILES string of the molecule is CC(Nc1cc(NN)ncn1)C(N)=O. The molecule has 1 atom stereocenters. The summed E-state index contributed by atoms with van der Waals surface area (Å²) in [5.41, 5.74) is 7.43. The molecule has 0 aliphatic rings. The Morgan fingerprint density at radius 3 is 2.71 bits per heavy atom. The number of nitrogens with one attached hydrogen (secondary N) is 2. The monoisotopic (exact) mass is 196 g/mol. The van der Waals surface area contributed by atoms with Crippen molar-refractivity contribution in [3.8, 4) is 0 Å². The van der Waals surface area contributed by atoms with Crippen LogP contribution in [-0.2, 0) is 4.79 Å². The van der Waals surface area contributed by atoms with E-state index in [9.17, 15) is 4.79 Å². The van der Waals surface area contributed by atoms with Crippen molar-refractivity contribution < 1.29 is 4.79 Å². The van der Waals surface area contributed by atoms with Gasteiger partial charge in [-0.2, -0.15) is 0 Å². The lowest BCUT2D eigenvalue weighted by Gasteiger charge is -2.10. The van der Waals surface area contributed by atoms with Crippen LogP contribution in [-0.4, -0.2) is 21.9 Å². The Morgan fingerprint density at radius 2 is 2.14 bits per heavy atom. The number of nitrogen functional groups attached to an aromatic ring is 1. The smallest absolute Gasteiger partial charge is 0.239 e. The molecule has 14 heavy (non-hydrogen) atoms. The highest BCUT2D eigenvalue weighted by atomic mass is 16.1. The number of hydrogen-bond acceptors (Lipinski definition) is 6. The van der Waals surface area contributed by atoms with Crippen molar-refractivity contribution in [1.82, 2.24) is 9.97 Å². The van der Waals surface area contributed by atoms with E-state index < -0.39 is 11.9 Å². The molecule has 7 heteroatoms. The summed E-state index contributed by atoms with van der Waals surface area (Å²) in [5, 5.41) is 2.79. The zero-order chi connectivity index (χ0) is 10.6. The summed E-state index contributed by atoms with van der Waals surface area (Å²) in [6, 6.07) is 1.08. The number of amides is 1. The van der Waals surface area contributed by atoms with E-state index in [0.717, 1.165) is 0 Å². The number of rotatable bonds is 4. The van der Waals surface area contributed by atoms with Crippen molar-refractivity contribution in [2.45, 2.75) is 13.0 Å². The van der Waals surface area contributed by atoms with Crippen LogP contribution >= 0.6 is 0 Å². The van der Waals surface area contributed by atoms with E-state index in [0.29, 0.717) is 11.6 Å². The van der Waals surface area contributed by atoms with Crippen molar-refractivity contribution in [2.75, 3.05) is 10.7 Å². The summed E-state index contributed by atoms with van der Waals surface area (Å²) in [4.78, 5) is 18.4. The van der Waals surface area contributed by atoms with Crippen molar-refractivity contribution >= 4 is 17.5 Å². The fourth-order valence-electron chi connectivity index (χ4n) is 0.808. The molecule has 6 N–H and O–H groups in total. The van der Waals surface area contributed by atoms with Crippen LogP contribution < -0.4 is 22.3 Å². The zero-order valence-electron chi connectivity index (χ0n) is 7.69. The first-order chi connectivity index (χ1) is 6.63. The van der Waals surface area contributed by atoms with E-state index in [-0.39, 0.29) is 0 Å². The number of carbonyl (C=O) groups excluding carboxylic acids is 1. The first-order valence-corrected chi connectivity index (χ1v) is 3.98. The van der Waals surface area contributed by atoms with Gasteiger partial charge in [-0.15, -0.1) is 0 Å². The van der Waals surface area contributed by atoms with Gasteiger partial charge in [0.2, 0.25) is 5.91 Å². The Kier molecular flexibility index (Phi) is 3.19. The van der Waals surface area contributed by atoms with Crippen LogP contribution in [0, 0.1) is 0 Å². The molecule has 0 radical (unpaired) electrons. The second-order valence-corrected chi connectivity index (χ2v) is 2.70. The molecule has 1 rings (SSSR count). The first kappa shape index (κ1) is 10.2. The van der Waals surface area contributed by atoms with Gasteiger partial charge in [0, 0.05) is 6.07 Å². The molecule has 1 aromatic heterocycles. The number of hydrogen-bond donors (Lipinski definition) is 4. The van der Waals surface area contributed by atoms with Crippen molar-refractivity contribution in [2.24, 2.45) is 11.6 Å². The molecule has 0 aromatic carbocycles. The Balaban J connectivity index is 2.71. The fourth-order valence-corrected chi connectivity index (χ4v) is 0.808. The number of carbonyl (C=O) groups is 1. The van der Waals surface area contributed by atoms with Crippen LogP contribution in [0.3, 0.4) is 0 Å². The second kappa shape index (κ2) is 4.38. The molecule has 1 heterocycles. The van der Waals surface area contributed by atoms with Crippen molar-refractivity contribution in [3.63, 3.8) is 0 Å². The molecular weight excluding hydrogens is 184 g/mol. The highest BCUT2D eigenvalue weighted by Gasteiger charge is 2.08. The molecular formula is C7H12N6O. The first-order valence-electron chi connectivity index (χ1n) is 3.98. The van der Waals surface area contributed by atoms with Gasteiger partial charge in [-0.1, -0.05) is 0 Å². The largest absolute Gasteiger partial charge is 0.368 e. The standard InChI is InChI=1S/C7H12N6O/c1-4(7(8)14)12-5-2-6(13-9)11-3-10-5/h2-4H,9H2,1H3,(H2,8,14)(H2,10,11,12,13). The summed E-state index contributed by atoms with van der Waals surface area (Å²) in [6.07, 6.45) is 1.32. The van der Waals surface area contributed by atoms with E-state index in [1.807, 2.05) is 0 Å². The number of nitrogens with zero attached hydrogens (tertiary/aromatic N) is 2. The quantitative estimate of drug-likeness (QED) is 0.364. The minimum atomic E-state index is -0.490. The third-order valence-electron chi connectivity index (χ3n) is 1.61. The molecule has 1 unspecified atom stereocenters. The number of aromatic nitrogens is 2. The molecule has 0 saturated heterocycles. The Morgan fingerprint density at radius 1 is 1.50 bits per heavy atom. The molecule has 0 saturated carbocycles. The lowest BCUT2D eigenvalue weighted by molar-refractivity contribution is -0.118. The van der Waals surface area contributed by atoms with Gasteiger partial charge in [-0.25, -0.2) is 15.8 Å². The Labute approximate surface area is 80.9 Å². The van der Waals surface area contributed by atoms with Gasteiger partial charge in [0.05, 0.1) is 0 Å². The lowest BCUT2D eigenvalue weighted by atomic mass is 10.3. The Hall–Kier alpha value is -1.89. The molecule has 0 fully saturated rings. The minimum absolute atomic E-state index is 0.453. The second-order valence-electron chi connectivity index (χ2n) is 2.70. The van der Waals surface area contributed by atoms with Gasteiger partial charge < -0.3 is 16.5 Å². The fraction of sp³-hybridized carbons (Fsp3) is 0.286. The van der Waals surface area contributed by atoms with Crippen LogP contribution in [0.4, 0.5) is 11.6 Å². The number of primary amides is 1. The molecule has 76 valence electrons. The van der Waals surface area contributed by atoms with Crippen LogP contribution in [0.15, 0.2) is 12.4 Å². The van der Waals surface area contributed by atoms with Gasteiger partial charge in [0.15, 0.2) is 0 Å². The number of hydrazine groups is 1. The van der Waals surface area contributed by atoms with Gasteiger partial charge in [0.25, 0.3) is 0 Å². The Bertz CT molecular complexity index is 328. The van der Waals surface area contributed by atoms with Gasteiger partial charge in [-0.3, -0.25) is 4.79 Å². The average molecular weight is 196 g/mol. The molecule has 7 nitrogen and oxygen atoms in total. The normalized spacial score (nSPS) is 11.9. The number of nitrogens with two attached hydrogens (primary N) is 2. The molecule has 1 aromatic rings. The molecule has 0 spiro atoms. The van der Waals surface area contributed by atoms with Crippen LogP contribution in [0.25, 0.3) is 0 Å². The predicted octanol–water partition coefficient (Wildman–Crippen LogP) is -0.952. The maximum absolute atomic E-state index is 10.7. The van der Waals surface area contributed by atoms with Gasteiger partial charge in [0.1, 0.15) is 24.0 Å². The van der Waals surface area contributed by atoms with E-state index in [2.05, 4.69) is 20.7 Å². The van der Waals surface area contributed by atoms with Crippen LogP contribution in [0.1, 0.15) is 6.92 Å². The predicted molar refractivity (Wildman–Crippen MR) is 52.1 cm³/mol. The van der Waals surface area contributed by atoms with Crippen molar-refractivity contribution in [1.29, 1.82) is 0 Å². The van der Waals surface area contributed by atoms with E-state index >= 15 is 0 Å². The summed E-state index contributed by atoms with van der Waals surface area (Å²) in [6.45, 7) is 1.64. The molecule has 1 amide bonds. The molecule has 0 aliphatic carbocycles. The summed E-state index contributed by atoms with van der Waals surface area (Å²) < 4.78 is 0. The summed E-state index contributed by atoms with van der Waals surface area (Å²) >= 11 is 0. The maximum Gasteiger partial charge on any atom is 0.239 e. The summed E-state index contributed by atoms with van der Waals surface area (Å²) in [5.74, 6) is 5.64. The third kappa shape index (κ3) is 2.56. The van der Waals surface area contributed by atoms with Gasteiger partial charge in [-0.05, 0) is 6.92 Å². The van der Waals surface area contributed by atoms with E-state index in [4.69, 9.17) is 11.6 Å². The van der Waals surface area contributed by atoms with Crippen LogP contribution in [0.2, 0.25) is 0 Å². The topological polar surface area (TPSA) is 119 Å². The van der Waals surface area contributed by atoms with Gasteiger partial charge >= 0.3 is 0 Å². The lowest BCUT2D eigenvalue weighted by Crippen LogP contribution is -2.32.